The Morgan fingerprint density at radius 3 is 2.71 bits per heavy atom. The van der Waals surface area contributed by atoms with E-state index in [1.54, 1.807) is 0 Å². The van der Waals surface area contributed by atoms with Crippen LogP contribution in [0.4, 0.5) is 0 Å². The van der Waals surface area contributed by atoms with Gasteiger partial charge in [0.05, 0.1) is 0 Å². The normalized spacial score (nSPS) is 28.7. The molecule has 2 rings (SSSR count). The van der Waals surface area contributed by atoms with Crippen molar-refractivity contribution in [2.75, 3.05) is 0 Å². The number of benzene rings is 1. The van der Waals surface area contributed by atoms with Gasteiger partial charge in [0.1, 0.15) is 11.7 Å². The number of carbonyl (C=O) groups is 1. The van der Waals surface area contributed by atoms with Crippen molar-refractivity contribution in [3.63, 3.8) is 0 Å². The van der Waals surface area contributed by atoms with Crippen molar-refractivity contribution in [1.29, 1.82) is 0 Å². The van der Waals surface area contributed by atoms with Gasteiger partial charge in [-0.1, -0.05) is 30.3 Å². The van der Waals surface area contributed by atoms with Gasteiger partial charge in [0.2, 0.25) is 0 Å². The van der Waals surface area contributed by atoms with E-state index >= 15 is 0 Å². The summed E-state index contributed by atoms with van der Waals surface area (Å²) in [5, 5.41) is 10.8. The Morgan fingerprint density at radius 1 is 1.35 bits per heavy atom. The van der Waals surface area contributed by atoms with Crippen LogP contribution in [0.2, 0.25) is 0 Å². The quantitative estimate of drug-likeness (QED) is 0.799. The summed E-state index contributed by atoms with van der Waals surface area (Å²) in [6.07, 6.45) is 2.91. The molecule has 1 aromatic carbocycles. The van der Waals surface area contributed by atoms with Gasteiger partial charge in [-0.05, 0) is 31.2 Å². The summed E-state index contributed by atoms with van der Waals surface area (Å²) < 4.78 is 5.27. The lowest BCUT2D eigenvalue weighted by Crippen LogP contribution is -2.44. The molecule has 0 aromatic heterocycles. The number of rotatable bonds is 2. The second-order valence-corrected chi connectivity index (χ2v) is 4.63. The summed E-state index contributed by atoms with van der Waals surface area (Å²) in [5.41, 5.74) is -0.184. The van der Waals surface area contributed by atoms with Gasteiger partial charge in [-0.25, -0.2) is 0 Å². The zero-order valence-corrected chi connectivity index (χ0v) is 10.1. The number of hydrogen-bond donors (Lipinski definition) is 1. The topological polar surface area (TPSA) is 46.5 Å². The van der Waals surface area contributed by atoms with Crippen molar-refractivity contribution in [3.8, 4) is 0 Å². The highest BCUT2D eigenvalue weighted by molar-refractivity contribution is 5.66. The minimum absolute atomic E-state index is 0.328. The summed E-state index contributed by atoms with van der Waals surface area (Å²) in [7, 11) is 0. The number of carbonyl (C=O) groups excluding carboxylic acids is 1. The standard InChI is InChI=1S/C14H18O3/c1-11(15)17-13-9-5-6-10-14(13,16)12-7-3-2-4-8-12/h2-4,7-8,13,16H,5-6,9-10H2,1H3/t13-,14-/m0/s1. The minimum Gasteiger partial charge on any atom is -0.459 e. The highest BCUT2D eigenvalue weighted by Crippen LogP contribution is 2.38. The third-order valence-corrected chi connectivity index (χ3v) is 3.39. The number of hydrogen-bond acceptors (Lipinski definition) is 3. The van der Waals surface area contributed by atoms with Crippen LogP contribution in [0.15, 0.2) is 30.3 Å². The molecular formula is C14H18O3. The third-order valence-electron chi connectivity index (χ3n) is 3.39. The molecule has 0 spiro atoms. The Hall–Kier alpha value is -1.35. The molecule has 0 amide bonds. The molecule has 92 valence electrons. The maximum absolute atomic E-state index is 11.1. The zero-order valence-electron chi connectivity index (χ0n) is 10.1. The molecule has 0 heterocycles. The average Bonchev–Trinajstić information content (AvgIpc) is 2.33. The van der Waals surface area contributed by atoms with Crippen LogP contribution in [0.25, 0.3) is 0 Å². The van der Waals surface area contributed by atoms with Crippen molar-refractivity contribution in [2.45, 2.75) is 44.3 Å². The van der Waals surface area contributed by atoms with E-state index in [4.69, 9.17) is 4.74 Å². The molecule has 1 N–H and O–H groups in total. The van der Waals surface area contributed by atoms with Gasteiger partial charge >= 0.3 is 5.97 Å². The van der Waals surface area contributed by atoms with Gasteiger partial charge in [-0.2, -0.15) is 0 Å². The molecule has 1 aromatic rings. The molecule has 1 saturated carbocycles. The van der Waals surface area contributed by atoms with E-state index in [1.807, 2.05) is 30.3 Å². The summed E-state index contributed by atoms with van der Waals surface area (Å²) in [4.78, 5) is 11.1. The fraction of sp³-hybridized carbons (Fsp3) is 0.500. The second-order valence-electron chi connectivity index (χ2n) is 4.63. The number of esters is 1. The highest BCUT2D eigenvalue weighted by Gasteiger charge is 2.42. The minimum atomic E-state index is -1.02. The molecule has 0 radical (unpaired) electrons. The van der Waals surface area contributed by atoms with E-state index < -0.39 is 11.7 Å². The molecular weight excluding hydrogens is 216 g/mol. The van der Waals surface area contributed by atoms with Crippen LogP contribution < -0.4 is 0 Å². The molecule has 3 heteroatoms. The lowest BCUT2D eigenvalue weighted by Gasteiger charge is -2.39. The average molecular weight is 234 g/mol. The van der Waals surface area contributed by atoms with E-state index in [0.29, 0.717) is 6.42 Å². The van der Waals surface area contributed by atoms with Crippen molar-refractivity contribution >= 4 is 5.97 Å². The van der Waals surface area contributed by atoms with E-state index in [2.05, 4.69) is 0 Å². The van der Waals surface area contributed by atoms with E-state index in [0.717, 1.165) is 24.8 Å². The van der Waals surface area contributed by atoms with Gasteiger partial charge in [-0.3, -0.25) is 4.79 Å². The van der Waals surface area contributed by atoms with Crippen molar-refractivity contribution < 1.29 is 14.6 Å². The molecule has 17 heavy (non-hydrogen) atoms. The lowest BCUT2D eigenvalue weighted by atomic mass is 9.77. The zero-order chi connectivity index (χ0) is 12.3. The van der Waals surface area contributed by atoms with E-state index in [-0.39, 0.29) is 5.97 Å². The SMILES string of the molecule is CC(=O)O[C@H]1CCCC[C@]1(O)c1ccccc1. The van der Waals surface area contributed by atoms with Crippen LogP contribution in [-0.4, -0.2) is 17.2 Å². The molecule has 0 unspecified atom stereocenters. The van der Waals surface area contributed by atoms with Crippen LogP contribution in [0.3, 0.4) is 0 Å². The molecule has 1 aliphatic rings. The largest absolute Gasteiger partial charge is 0.459 e. The van der Waals surface area contributed by atoms with Crippen LogP contribution in [0.5, 0.6) is 0 Å². The lowest BCUT2D eigenvalue weighted by molar-refractivity contribution is -0.171. The summed E-state index contributed by atoms with van der Waals surface area (Å²) in [6.45, 7) is 1.39. The Kier molecular flexibility index (Phi) is 3.48. The Morgan fingerprint density at radius 2 is 2.06 bits per heavy atom. The summed E-state index contributed by atoms with van der Waals surface area (Å²) in [6, 6.07) is 9.49. The molecule has 1 fully saturated rings. The molecule has 0 saturated heterocycles. The van der Waals surface area contributed by atoms with Gasteiger partial charge in [0, 0.05) is 6.92 Å². The van der Waals surface area contributed by atoms with Gasteiger partial charge in [-0.15, -0.1) is 0 Å². The van der Waals surface area contributed by atoms with Crippen LogP contribution in [0.1, 0.15) is 38.2 Å². The van der Waals surface area contributed by atoms with E-state index in [9.17, 15) is 9.90 Å². The second kappa shape index (κ2) is 4.88. The fourth-order valence-corrected chi connectivity index (χ4v) is 2.54. The number of aliphatic hydroxyl groups is 1. The predicted octanol–water partition coefficient (Wildman–Crippen LogP) is 2.38. The molecule has 0 aliphatic heterocycles. The van der Waals surface area contributed by atoms with Crippen molar-refractivity contribution in [1.82, 2.24) is 0 Å². The summed E-state index contributed by atoms with van der Waals surface area (Å²) >= 11 is 0. The van der Waals surface area contributed by atoms with Crippen LogP contribution in [-0.2, 0) is 15.1 Å². The summed E-state index contributed by atoms with van der Waals surface area (Å²) in [5.74, 6) is -0.328. The molecule has 2 atom stereocenters. The predicted molar refractivity (Wildman–Crippen MR) is 64.4 cm³/mol. The van der Waals surface area contributed by atoms with Gasteiger partial charge < -0.3 is 9.84 Å². The fourth-order valence-electron chi connectivity index (χ4n) is 2.54. The maximum Gasteiger partial charge on any atom is 0.303 e. The Bertz CT molecular complexity index is 388. The smallest absolute Gasteiger partial charge is 0.303 e. The van der Waals surface area contributed by atoms with Crippen molar-refractivity contribution in [3.05, 3.63) is 35.9 Å². The Labute approximate surface area is 101 Å². The third kappa shape index (κ3) is 2.50. The first kappa shape index (κ1) is 12.1. The number of ether oxygens (including phenoxy) is 1. The van der Waals surface area contributed by atoms with Gasteiger partial charge in [0.15, 0.2) is 0 Å². The highest BCUT2D eigenvalue weighted by atomic mass is 16.6. The first-order valence-electron chi connectivity index (χ1n) is 6.08. The van der Waals surface area contributed by atoms with Gasteiger partial charge in [0.25, 0.3) is 0 Å². The molecule has 0 bridgehead atoms. The van der Waals surface area contributed by atoms with Crippen molar-refractivity contribution in [2.24, 2.45) is 0 Å². The van der Waals surface area contributed by atoms with Crippen LogP contribution in [0, 0.1) is 0 Å². The first-order chi connectivity index (χ1) is 8.13. The molecule has 3 nitrogen and oxygen atoms in total. The first-order valence-corrected chi connectivity index (χ1v) is 6.08. The van der Waals surface area contributed by atoms with E-state index in [1.165, 1.54) is 6.92 Å². The molecule has 1 aliphatic carbocycles. The van der Waals surface area contributed by atoms with Crippen LogP contribution >= 0.6 is 0 Å². The Balaban J connectivity index is 2.28. The monoisotopic (exact) mass is 234 g/mol. The maximum atomic E-state index is 11.1.